The highest BCUT2D eigenvalue weighted by Crippen LogP contribution is 2.26. The predicted octanol–water partition coefficient (Wildman–Crippen LogP) is 3.03. The molecule has 2 fully saturated rings. The van der Waals surface area contributed by atoms with E-state index in [0.29, 0.717) is 12.2 Å². The van der Waals surface area contributed by atoms with Crippen molar-refractivity contribution in [1.29, 1.82) is 0 Å². The highest BCUT2D eigenvalue weighted by molar-refractivity contribution is 4.71. The number of aliphatic hydroxyl groups is 2. The van der Waals surface area contributed by atoms with Crippen LogP contribution < -0.4 is 0 Å². The highest BCUT2D eigenvalue weighted by Gasteiger charge is 2.20. The molecule has 0 amide bonds. The molecule has 2 rings (SSSR count). The van der Waals surface area contributed by atoms with Gasteiger partial charge in [-0.25, -0.2) is 0 Å². The lowest BCUT2D eigenvalue weighted by atomic mass is 9.95. The summed E-state index contributed by atoms with van der Waals surface area (Å²) in [5.74, 6) is 0. The van der Waals surface area contributed by atoms with Crippen LogP contribution in [-0.2, 0) is 4.74 Å². The summed E-state index contributed by atoms with van der Waals surface area (Å²) in [6.07, 6.45) is 14.5. The van der Waals surface area contributed by atoms with Gasteiger partial charge in [-0.1, -0.05) is 38.5 Å². The molecule has 0 aromatic carbocycles. The Kier molecular flexibility index (Phi) is 8.64. The average molecular weight is 258 g/mol. The molecule has 1 atom stereocenters. The fraction of sp³-hybridized carbons (Fsp3) is 1.00. The maximum absolute atomic E-state index is 8.11. The van der Waals surface area contributed by atoms with Crippen LogP contribution in [0.5, 0.6) is 0 Å². The number of ether oxygens (including phenoxy) is 1. The van der Waals surface area contributed by atoms with Crippen molar-refractivity contribution in [3.63, 3.8) is 0 Å². The standard InChI is InChI=1S/C12H22O.C3H8O2/c1-3-7-11(8-4-1)13-12-9-5-2-6-10-12;1-3(5)2-4/h11-12H,1-10H2;3-5H,2H2,1H3. The Morgan fingerprint density at radius 2 is 1.22 bits per heavy atom. The van der Waals surface area contributed by atoms with Gasteiger partial charge >= 0.3 is 0 Å². The van der Waals surface area contributed by atoms with Crippen LogP contribution in [0.3, 0.4) is 0 Å². The number of hydrogen-bond acceptors (Lipinski definition) is 3. The fourth-order valence-corrected chi connectivity index (χ4v) is 2.67. The topological polar surface area (TPSA) is 49.7 Å². The maximum Gasteiger partial charge on any atom is 0.0742 e. The zero-order valence-electron chi connectivity index (χ0n) is 11.8. The molecule has 2 aliphatic carbocycles. The van der Waals surface area contributed by atoms with E-state index >= 15 is 0 Å². The molecule has 0 saturated heterocycles. The van der Waals surface area contributed by atoms with E-state index in [1.165, 1.54) is 71.1 Å². The Morgan fingerprint density at radius 1 is 0.889 bits per heavy atom. The largest absolute Gasteiger partial charge is 0.394 e. The third-order valence-electron chi connectivity index (χ3n) is 3.75. The van der Waals surface area contributed by atoms with Gasteiger partial charge in [-0.05, 0) is 32.6 Å². The first kappa shape index (κ1) is 15.9. The number of aliphatic hydroxyl groups excluding tert-OH is 2. The second kappa shape index (κ2) is 9.76. The molecular weight excluding hydrogens is 228 g/mol. The molecule has 0 heterocycles. The van der Waals surface area contributed by atoms with E-state index in [9.17, 15) is 0 Å². The van der Waals surface area contributed by atoms with E-state index < -0.39 is 6.10 Å². The average Bonchev–Trinajstić information content (AvgIpc) is 2.42. The summed E-state index contributed by atoms with van der Waals surface area (Å²) in [5.41, 5.74) is 0. The molecule has 2 N–H and O–H groups in total. The predicted molar refractivity (Wildman–Crippen MR) is 73.6 cm³/mol. The normalized spacial score (nSPS) is 24.2. The molecule has 108 valence electrons. The van der Waals surface area contributed by atoms with Crippen molar-refractivity contribution in [3.05, 3.63) is 0 Å². The van der Waals surface area contributed by atoms with Crippen LogP contribution in [0.1, 0.15) is 71.1 Å². The minimum atomic E-state index is -0.560. The Labute approximate surface area is 112 Å². The summed E-state index contributed by atoms with van der Waals surface area (Å²) in [5, 5.41) is 16.0. The third kappa shape index (κ3) is 7.34. The lowest BCUT2D eigenvalue weighted by molar-refractivity contribution is -0.0450. The Bertz CT molecular complexity index is 166. The molecule has 0 aromatic rings. The molecule has 2 aliphatic rings. The van der Waals surface area contributed by atoms with E-state index in [0.717, 1.165) is 0 Å². The minimum absolute atomic E-state index is 0.139. The van der Waals surface area contributed by atoms with Gasteiger partial charge in [0.2, 0.25) is 0 Å². The Hall–Kier alpha value is -0.120. The fourth-order valence-electron chi connectivity index (χ4n) is 2.67. The van der Waals surface area contributed by atoms with Crippen molar-refractivity contribution in [2.45, 2.75) is 89.4 Å². The lowest BCUT2D eigenvalue weighted by Crippen LogP contribution is -2.25. The maximum atomic E-state index is 8.11. The van der Waals surface area contributed by atoms with Gasteiger partial charge in [0.05, 0.1) is 24.9 Å². The van der Waals surface area contributed by atoms with Crippen molar-refractivity contribution in [2.24, 2.45) is 0 Å². The van der Waals surface area contributed by atoms with Crippen LogP contribution in [0, 0.1) is 0 Å². The van der Waals surface area contributed by atoms with Crippen molar-refractivity contribution < 1.29 is 14.9 Å². The lowest BCUT2D eigenvalue weighted by Gasteiger charge is -2.29. The summed E-state index contributed by atoms with van der Waals surface area (Å²) >= 11 is 0. The molecule has 0 aliphatic heterocycles. The Morgan fingerprint density at radius 3 is 1.50 bits per heavy atom. The molecule has 1 unspecified atom stereocenters. The van der Waals surface area contributed by atoms with Crippen LogP contribution in [0.25, 0.3) is 0 Å². The van der Waals surface area contributed by atoms with E-state index in [1.54, 1.807) is 0 Å². The molecule has 0 aromatic heterocycles. The number of rotatable bonds is 3. The van der Waals surface area contributed by atoms with Gasteiger partial charge < -0.3 is 14.9 Å². The molecule has 3 heteroatoms. The summed E-state index contributed by atoms with van der Waals surface area (Å²) in [4.78, 5) is 0. The van der Waals surface area contributed by atoms with Crippen LogP contribution >= 0.6 is 0 Å². The van der Waals surface area contributed by atoms with Crippen LogP contribution in [-0.4, -0.2) is 35.1 Å². The summed E-state index contributed by atoms with van der Waals surface area (Å²) < 4.78 is 6.13. The highest BCUT2D eigenvalue weighted by atomic mass is 16.5. The monoisotopic (exact) mass is 258 g/mol. The van der Waals surface area contributed by atoms with E-state index in [1.807, 2.05) is 0 Å². The molecule has 2 saturated carbocycles. The second-order valence-electron chi connectivity index (χ2n) is 5.69. The summed E-state index contributed by atoms with van der Waals surface area (Å²) in [6, 6.07) is 0. The van der Waals surface area contributed by atoms with Gasteiger partial charge in [0.1, 0.15) is 0 Å². The molecule has 3 nitrogen and oxygen atoms in total. The van der Waals surface area contributed by atoms with Crippen molar-refractivity contribution in [3.8, 4) is 0 Å². The first-order valence-corrected chi connectivity index (χ1v) is 7.66. The van der Waals surface area contributed by atoms with E-state index in [4.69, 9.17) is 14.9 Å². The Balaban J connectivity index is 0.000000280. The zero-order valence-corrected chi connectivity index (χ0v) is 11.8. The van der Waals surface area contributed by atoms with Crippen molar-refractivity contribution in [2.75, 3.05) is 6.61 Å². The van der Waals surface area contributed by atoms with Gasteiger partial charge in [-0.15, -0.1) is 0 Å². The second-order valence-corrected chi connectivity index (χ2v) is 5.69. The zero-order chi connectivity index (χ0) is 13.2. The smallest absolute Gasteiger partial charge is 0.0742 e. The molecule has 18 heavy (non-hydrogen) atoms. The summed E-state index contributed by atoms with van der Waals surface area (Å²) in [7, 11) is 0. The van der Waals surface area contributed by atoms with Gasteiger partial charge in [0.15, 0.2) is 0 Å². The molecule has 0 bridgehead atoms. The van der Waals surface area contributed by atoms with Gasteiger partial charge in [0.25, 0.3) is 0 Å². The van der Waals surface area contributed by atoms with Gasteiger partial charge in [0, 0.05) is 0 Å². The third-order valence-corrected chi connectivity index (χ3v) is 3.75. The van der Waals surface area contributed by atoms with Crippen molar-refractivity contribution in [1.82, 2.24) is 0 Å². The number of hydrogen-bond donors (Lipinski definition) is 2. The van der Waals surface area contributed by atoms with E-state index in [2.05, 4.69) is 0 Å². The minimum Gasteiger partial charge on any atom is -0.394 e. The van der Waals surface area contributed by atoms with Gasteiger partial charge in [-0.3, -0.25) is 0 Å². The van der Waals surface area contributed by atoms with Crippen LogP contribution in [0.2, 0.25) is 0 Å². The van der Waals surface area contributed by atoms with E-state index in [-0.39, 0.29) is 6.61 Å². The first-order valence-electron chi connectivity index (χ1n) is 7.66. The quantitative estimate of drug-likeness (QED) is 0.818. The molecule has 0 radical (unpaired) electrons. The van der Waals surface area contributed by atoms with Crippen LogP contribution in [0.4, 0.5) is 0 Å². The van der Waals surface area contributed by atoms with Crippen LogP contribution in [0.15, 0.2) is 0 Å². The molecular formula is C15H30O3. The van der Waals surface area contributed by atoms with Crippen molar-refractivity contribution >= 4 is 0 Å². The SMILES string of the molecule is C1CCC(OC2CCCCC2)CC1.CC(O)CO. The van der Waals surface area contributed by atoms with Gasteiger partial charge in [-0.2, -0.15) is 0 Å². The molecule has 0 spiro atoms. The first-order chi connectivity index (χ1) is 8.72. The summed E-state index contributed by atoms with van der Waals surface area (Å²) in [6.45, 7) is 1.39.